The molecule has 0 amide bonds. The minimum atomic E-state index is 0.373. The van der Waals surface area contributed by atoms with Crippen molar-refractivity contribution in [3.8, 4) is 0 Å². The van der Waals surface area contributed by atoms with Gasteiger partial charge in [0.15, 0.2) is 0 Å². The van der Waals surface area contributed by atoms with Gasteiger partial charge in [0.1, 0.15) is 0 Å². The van der Waals surface area contributed by atoms with Gasteiger partial charge < -0.3 is 5.73 Å². The minimum absolute atomic E-state index is 0.373. The predicted octanol–water partition coefficient (Wildman–Crippen LogP) is 2.86. The summed E-state index contributed by atoms with van der Waals surface area (Å²) in [6.45, 7) is 2.78. The van der Waals surface area contributed by atoms with Crippen molar-refractivity contribution in [2.24, 2.45) is 5.73 Å². The molecule has 1 unspecified atom stereocenters. The van der Waals surface area contributed by atoms with Crippen molar-refractivity contribution >= 4 is 22.7 Å². The number of thiazole rings is 1. The van der Waals surface area contributed by atoms with Crippen LogP contribution in [0, 0.1) is 0 Å². The highest BCUT2D eigenvalue weighted by molar-refractivity contribution is 7.11. The third-order valence-electron chi connectivity index (χ3n) is 2.33. The maximum absolute atomic E-state index is 5.62. The zero-order valence-electron chi connectivity index (χ0n) is 8.64. The Bertz CT molecular complexity index is 406. The number of nitrogens with zero attached hydrogens (tertiary/aromatic N) is 1. The molecule has 0 aliphatic heterocycles. The highest BCUT2D eigenvalue weighted by Crippen LogP contribution is 2.21. The molecule has 1 atom stereocenters. The number of aromatic nitrogens is 1. The molecule has 0 aliphatic carbocycles. The Morgan fingerprint density at radius 3 is 3.00 bits per heavy atom. The van der Waals surface area contributed by atoms with Crippen molar-refractivity contribution in [2.75, 3.05) is 6.54 Å². The van der Waals surface area contributed by atoms with Crippen LogP contribution in [0.2, 0.25) is 0 Å². The Morgan fingerprint density at radius 2 is 2.33 bits per heavy atom. The summed E-state index contributed by atoms with van der Waals surface area (Å²) in [7, 11) is 0. The van der Waals surface area contributed by atoms with Crippen LogP contribution in [0.25, 0.3) is 0 Å². The third-order valence-corrected chi connectivity index (χ3v) is 4.08. The van der Waals surface area contributed by atoms with Gasteiger partial charge in [-0.1, -0.05) is 13.0 Å². The van der Waals surface area contributed by atoms with E-state index in [1.807, 2.05) is 0 Å². The van der Waals surface area contributed by atoms with Crippen LogP contribution in [0.5, 0.6) is 0 Å². The summed E-state index contributed by atoms with van der Waals surface area (Å²) in [6.07, 6.45) is 0.958. The van der Waals surface area contributed by atoms with Crippen LogP contribution in [0.4, 0.5) is 0 Å². The number of hydrogen-bond acceptors (Lipinski definition) is 4. The molecule has 2 nitrogen and oxygen atoms in total. The molecule has 80 valence electrons. The Kier molecular flexibility index (Phi) is 3.51. The quantitative estimate of drug-likeness (QED) is 0.889. The van der Waals surface area contributed by atoms with Crippen LogP contribution >= 0.6 is 22.7 Å². The van der Waals surface area contributed by atoms with E-state index in [1.165, 1.54) is 9.88 Å². The fourth-order valence-electron chi connectivity index (χ4n) is 1.32. The van der Waals surface area contributed by atoms with Gasteiger partial charge in [0.2, 0.25) is 0 Å². The van der Waals surface area contributed by atoms with Crippen molar-refractivity contribution in [1.29, 1.82) is 0 Å². The molecule has 2 N–H and O–H groups in total. The minimum Gasteiger partial charge on any atom is -0.330 e. The monoisotopic (exact) mass is 238 g/mol. The van der Waals surface area contributed by atoms with Crippen LogP contribution in [-0.2, 0) is 6.42 Å². The van der Waals surface area contributed by atoms with Gasteiger partial charge in [-0.05, 0) is 11.4 Å². The average molecular weight is 238 g/mol. The zero-order valence-corrected chi connectivity index (χ0v) is 10.3. The van der Waals surface area contributed by atoms with Crippen LogP contribution < -0.4 is 5.73 Å². The van der Waals surface area contributed by atoms with Gasteiger partial charge in [-0.2, -0.15) is 0 Å². The normalized spacial score (nSPS) is 12.9. The van der Waals surface area contributed by atoms with E-state index in [9.17, 15) is 0 Å². The van der Waals surface area contributed by atoms with Crippen LogP contribution in [0.1, 0.15) is 28.4 Å². The molecule has 0 radical (unpaired) electrons. The SMILES string of the molecule is CC(CN)c1csc(Cc2cccs2)n1. The second-order valence-electron chi connectivity index (χ2n) is 3.56. The molecule has 0 fully saturated rings. The van der Waals surface area contributed by atoms with Gasteiger partial charge in [0, 0.05) is 29.1 Å². The van der Waals surface area contributed by atoms with Crippen molar-refractivity contribution in [2.45, 2.75) is 19.3 Å². The van der Waals surface area contributed by atoms with E-state index in [1.54, 1.807) is 22.7 Å². The molecular formula is C11H14N2S2. The van der Waals surface area contributed by atoms with E-state index in [2.05, 4.69) is 34.8 Å². The molecule has 0 aliphatic rings. The average Bonchev–Trinajstić information content (AvgIpc) is 2.88. The van der Waals surface area contributed by atoms with E-state index >= 15 is 0 Å². The molecule has 2 aromatic rings. The molecule has 0 spiro atoms. The van der Waals surface area contributed by atoms with Gasteiger partial charge in [0.25, 0.3) is 0 Å². The largest absolute Gasteiger partial charge is 0.330 e. The van der Waals surface area contributed by atoms with Crippen molar-refractivity contribution in [1.82, 2.24) is 4.98 Å². The first-order valence-corrected chi connectivity index (χ1v) is 6.72. The molecule has 2 rings (SSSR count). The van der Waals surface area contributed by atoms with Gasteiger partial charge in [-0.15, -0.1) is 22.7 Å². The lowest BCUT2D eigenvalue weighted by atomic mass is 10.1. The second-order valence-corrected chi connectivity index (χ2v) is 5.53. The maximum Gasteiger partial charge on any atom is 0.0980 e. The summed E-state index contributed by atoms with van der Waals surface area (Å²) in [5, 5.41) is 5.42. The van der Waals surface area contributed by atoms with E-state index in [-0.39, 0.29) is 0 Å². The molecule has 0 bridgehead atoms. The Hall–Kier alpha value is -0.710. The lowest BCUT2D eigenvalue weighted by Crippen LogP contribution is -2.09. The summed E-state index contributed by atoms with van der Waals surface area (Å²) in [5.41, 5.74) is 6.75. The summed E-state index contributed by atoms with van der Waals surface area (Å²) in [5.74, 6) is 0.373. The number of nitrogens with two attached hydrogens (primary N) is 1. The molecule has 0 saturated carbocycles. The van der Waals surface area contributed by atoms with E-state index in [0.717, 1.165) is 12.1 Å². The Balaban J connectivity index is 2.07. The Labute approximate surface area is 97.8 Å². The molecule has 15 heavy (non-hydrogen) atoms. The smallest absolute Gasteiger partial charge is 0.0980 e. The van der Waals surface area contributed by atoms with Crippen molar-refractivity contribution in [3.63, 3.8) is 0 Å². The molecule has 0 saturated heterocycles. The summed E-state index contributed by atoms with van der Waals surface area (Å²) in [6, 6.07) is 4.23. The standard InChI is InChI=1S/C11H14N2S2/c1-8(6-12)10-7-15-11(13-10)5-9-3-2-4-14-9/h2-4,7-8H,5-6,12H2,1H3. The van der Waals surface area contributed by atoms with Gasteiger partial charge in [-0.3, -0.25) is 0 Å². The zero-order chi connectivity index (χ0) is 10.7. The topological polar surface area (TPSA) is 38.9 Å². The maximum atomic E-state index is 5.62. The molecule has 2 heterocycles. The number of thiophene rings is 1. The third kappa shape index (κ3) is 2.65. The highest BCUT2D eigenvalue weighted by atomic mass is 32.1. The van der Waals surface area contributed by atoms with Gasteiger partial charge >= 0.3 is 0 Å². The number of hydrogen-bond donors (Lipinski definition) is 1. The lowest BCUT2D eigenvalue weighted by Gasteiger charge is -2.02. The lowest BCUT2D eigenvalue weighted by molar-refractivity contribution is 0.748. The molecular weight excluding hydrogens is 224 g/mol. The summed E-state index contributed by atoms with van der Waals surface area (Å²) >= 11 is 3.51. The van der Waals surface area contributed by atoms with Crippen molar-refractivity contribution < 1.29 is 0 Å². The van der Waals surface area contributed by atoms with Gasteiger partial charge in [0.05, 0.1) is 10.7 Å². The van der Waals surface area contributed by atoms with Crippen LogP contribution in [0.15, 0.2) is 22.9 Å². The first kappa shape index (κ1) is 10.8. The van der Waals surface area contributed by atoms with E-state index in [4.69, 9.17) is 5.73 Å². The second kappa shape index (κ2) is 4.88. The van der Waals surface area contributed by atoms with E-state index in [0.29, 0.717) is 12.5 Å². The summed E-state index contributed by atoms with van der Waals surface area (Å²) < 4.78 is 0. The van der Waals surface area contributed by atoms with Crippen LogP contribution in [0.3, 0.4) is 0 Å². The van der Waals surface area contributed by atoms with E-state index < -0.39 is 0 Å². The Morgan fingerprint density at radius 1 is 1.47 bits per heavy atom. The first-order valence-electron chi connectivity index (χ1n) is 4.96. The number of rotatable bonds is 4. The predicted molar refractivity (Wildman–Crippen MR) is 66.7 cm³/mol. The van der Waals surface area contributed by atoms with Crippen LogP contribution in [-0.4, -0.2) is 11.5 Å². The molecule has 2 aromatic heterocycles. The van der Waals surface area contributed by atoms with Crippen molar-refractivity contribution in [3.05, 3.63) is 38.5 Å². The highest BCUT2D eigenvalue weighted by Gasteiger charge is 2.08. The fraction of sp³-hybridized carbons (Fsp3) is 0.364. The fourth-order valence-corrected chi connectivity index (χ4v) is 3.05. The van der Waals surface area contributed by atoms with Gasteiger partial charge in [-0.25, -0.2) is 4.98 Å². The molecule has 0 aromatic carbocycles. The summed E-state index contributed by atoms with van der Waals surface area (Å²) in [4.78, 5) is 5.97. The molecule has 4 heteroatoms. The first-order chi connectivity index (χ1) is 7.29.